The molecule has 37 heavy (non-hydrogen) atoms. The number of sulfonamides is 1. The van der Waals surface area contributed by atoms with Crippen LogP contribution < -0.4 is 16.0 Å². The molecule has 1 saturated carbocycles. The number of nitrogens with two attached hydrogens (primary N) is 1. The average molecular weight is 532 g/mol. The van der Waals surface area contributed by atoms with E-state index < -0.39 is 26.8 Å². The second kappa shape index (κ2) is 10.4. The molecule has 204 valence electrons. The predicted octanol–water partition coefficient (Wildman–Crippen LogP) is 3.52. The van der Waals surface area contributed by atoms with E-state index in [1.807, 2.05) is 26.0 Å². The second-order valence-corrected chi connectivity index (χ2v) is 13.6. The maximum absolute atomic E-state index is 13.6. The van der Waals surface area contributed by atoms with Gasteiger partial charge in [-0.25, -0.2) is 17.5 Å². The van der Waals surface area contributed by atoms with E-state index in [-0.39, 0.29) is 24.9 Å². The highest BCUT2D eigenvalue weighted by Gasteiger charge is 2.49. The lowest BCUT2D eigenvalue weighted by Crippen LogP contribution is -2.52. The molecule has 1 aliphatic carbocycles. The largest absolute Gasteiger partial charge is 0.351 e. The lowest BCUT2D eigenvalue weighted by Gasteiger charge is -2.37. The molecular formula is C27H41N5O4S. The van der Waals surface area contributed by atoms with Gasteiger partial charge in [0.2, 0.25) is 10.0 Å². The molecule has 9 nitrogen and oxygen atoms in total. The van der Waals surface area contributed by atoms with Crippen LogP contribution >= 0.6 is 0 Å². The Morgan fingerprint density at radius 3 is 2.38 bits per heavy atom. The number of aliphatic imine (C=N–C) groups is 1. The van der Waals surface area contributed by atoms with E-state index in [4.69, 9.17) is 10.7 Å². The molecule has 2 aliphatic heterocycles. The maximum Gasteiger partial charge on any atom is 0.318 e. The summed E-state index contributed by atoms with van der Waals surface area (Å²) in [5.74, 6) is 1.51. The first kappa shape index (κ1) is 27.6. The van der Waals surface area contributed by atoms with Gasteiger partial charge in [-0.1, -0.05) is 32.8 Å². The fourth-order valence-electron chi connectivity index (χ4n) is 5.97. The van der Waals surface area contributed by atoms with E-state index in [9.17, 15) is 18.0 Å². The van der Waals surface area contributed by atoms with Crippen LogP contribution in [0.15, 0.2) is 23.2 Å². The molecule has 10 heteroatoms. The Morgan fingerprint density at radius 1 is 1.19 bits per heavy atom. The number of benzene rings is 1. The van der Waals surface area contributed by atoms with Crippen molar-refractivity contribution in [1.82, 2.24) is 9.62 Å². The number of amides is 3. The third kappa shape index (κ3) is 5.27. The van der Waals surface area contributed by atoms with Crippen molar-refractivity contribution in [2.75, 3.05) is 25.0 Å². The molecule has 2 atom stereocenters. The summed E-state index contributed by atoms with van der Waals surface area (Å²) < 4.78 is 28.8. The van der Waals surface area contributed by atoms with Crippen molar-refractivity contribution in [1.29, 1.82) is 0 Å². The fraction of sp³-hybridized carbons (Fsp3) is 0.667. The first-order valence-corrected chi connectivity index (χ1v) is 14.9. The molecule has 0 radical (unpaired) electrons. The minimum Gasteiger partial charge on any atom is -0.351 e. The SMILES string of the molecule is Cc1cc(N(C)C(N)=O)ccc1C(C)C(C)S(=O)(=O)N1CCC2(CC1)N=C(C1CCC(C)CC1)NC2=O. The number of carbonyl (C=O) groups is 2. The highest BCUT2D eigenvalue weighted by atomic mass is 32.2. The van der Waals surface area contributed by atoms with Crippen LogP contribution in [0.4, 0.5) is 10.5 Å². The highest BCUT2D eigenvalue weighted by molar-refractivity contribution is 7.89. The minimum absolute atomic E-state index is 0.0729. The van der Waals surface area contributed by atoms with Crippen LogP contribution in [-0.2, 0) is 14.8 Å². The van der Waals surface area contributed by atoms with Gasteiger partial charge in [0.05, 0.1) is 5.25 Å². The molecule has 1 aromatic carbocycles. The fourth-order valence-corrected chi connectivity index (χ4v) is 7.80. The summed E-state index contributed by atoms with van der Waals surface area (Å²) >= 11 is 0. The third-order valence-electron chi connectivity index (χ3n) is 8.95. The standard InChI is InChI=1S/C27H41N5O4S/c1-17-6-8-21(9-7-17)24-29-25(33)27(30-24)12-14-32(15-13-27)37(35,36)20(4)19(3)23-11-10-22(16-18(23)2)31(5)26(28)34/h10-11,16-17,19-21H,6-9,12-15H2,1-5H3,(H2,28,34)(H,29,30,33). The van der Waals surface area contributed by atoms with Crippen LogP contribution in [0, 0.1) is 18.8 Å². The first-order chi connectivity index (χ1) is 17.4. The van der Waals surface area contributed by atoms with Gasteiger partial charge in [0.1, 0.15) is 11.4 Å². The van der Waals surface area contributed by atoms with Crippen molar-refractivity contribution in [2.45, 2.75) is 82.9 Å². The van der Waals surface area contributed by atoms with Crippen molar-refractivity contribution < 1.29 is 18.0 Å². The number of rotatable bonds is 6. The highest BCUT2D eigenvalue weighted by Crippen LogP contribution is 2.37. The Hall–Kier alpha value is -2.46. The lowest BCUT2D eigenvalue weighted by atomic mass is 9.82. The summed E-state index contributed by atoms with van der Waals surface area (Å²) in [6, 6.07) is 4.95. The molecule has 1 spiro atoms. The summed E-state index contributed by atoms with van der Waals surface area (Å²) in [5, 5.41) is 2.40. The van der Waals surface area contributed by atoms with Crippen LogP contribution in [0.3, 0.4) is 0 Å². The molecule has 2 heterocycles. The first-order valence-electron chi connectivity index (χ1n) is 13.4. The Bertz CT molecular complexity index is 1180. The van der Waals surface area contributed by atoms with Gasteiger partial charge in [0, 0.05) is 31.7 Å². The Morgan fingerprint density at radius 2 is 1.81 bits per heavy atom. The quantitative estimate of drug-likeness (QED) is 0.583. The molecular weight excluding hydrogens is 490 g/mol. The Labute approximate surface area is 220 Å². The molecule has 0 aromatic heterocycles. The van der Waals surface area contributed by atoms with Crippen molar-refractivity contribution >= 4 is 33.5 Å². The molecule has 3 amide bonds. The van der Waals surface area contributed by atoms with E-state index in [2.05, 4.69) is 12.2 Å². The smallest absolute Gasteiger partial charge is 0.318 e. The molecule has 3 N–H and O–H groups in total. The number of amidine groups is 1. The van der Waals surface area contributed by atoms with Gasteiger partial charge in [-0.05, 0) is 74.6 Å². The van der Waals surface area contributed by atoms with Gasteiger partial charge in [-0.15, -0.1) is 0 Å². The molecule has 2 unspecified atom stereocenters. The van der Waals surface area contributed by atoms with Gasteiger partial charge in [0.25, 0.3) is 5.91 Å². The molecule has 1 saturated heterocycles. The lowest BCUT2D eigenvalue weighted by molar-refractivity contribution is -0.125. The van der Waals surface area contributed by atoms with Gasteiger partial charge in [0.15, 0.2) is 0 Å². The summed E-state index contributed by atoms with van der Waals surface area (Å²) in [6.07, 6.45) is 5.20. The van der Waals surface area contributed by atoms with Gasteiger partial charge >= 0.3 is 6.03 Å². The van der Waals surface area contributed by atoms with E-state index in [1.54, 1.807) is 20.0 Å². The number of carbonyl (C=O) groups excluding carboxylic acids is 2. The summed E-state index contributed by atoms with van der Waals surface area (Å²) in [4.78, 5) is 30.7. The molecule has 3 aliphatic rings. The van der Waals surface area contributed by atoms with Crippen LogP contribution in [0.5, 0.6) is 0 Å². The van der Waals surface area contributed by atoms with E-state index in [1.165, 1.54) is 9.21 Å². The number of aryl methyl sites for hydroxylation is 1. The second-order valence-electron chi connectivity index (χ2n) is 11.3. The van der Waals surface area contributed by atoms with E-state index in [0.29, 0.717) is 24.4 Å². The summed E-state index contributed by atoms with van der Waals surface area (Å²) in [5.41, 5.74) is 7.02. The number of hydrogen-bond acceptors (Lipinski definition) is 5. The topological polar surface area (TPSA) is 125 Å². The molecule has 1 aromatic rings. The number of hydrogen-bond donors (Lipinski definition) is 2. The predicted molar refractivity (Wildman–Crippen MR) is 146 cm³/mol. The monoisotopic (exact) mass is 531 g/mol. The average Bonchev–Trinajstić information content (AvgIpc) is 3.18. The molecule has 2 fully saturated rings. The van der Waals surface area contributed by atoms with Crippen LogP contribution in [-0.4, -0.2) is 61.4 Å². The van der Waals surface area contributed by atoms with Crippen molar-refractivity contribution in [2.24, 2.45) is 22.6 Å². The number of anilines is 1. The number of piperidine rings is 1. The van der Waals surface area contributed by atoms with Gasteiger partial charge < -0.3 is 11.1 Å². The maximum atomic E-state index is 13.6. The zero-order valence-electron chi connectivity index (χ0n) is 22.7. The van der Waals surface area contributed by atoms with E-state index in [0.717, 1.165) is 48.6 Å². The number of nitrogens with one attached hydrogen (secondary N) is 1. The number of nitrogens with zero attached hydrogens (tertiary/aromatic N) is 3. The zero-order chi connectivity index (χ0) is 27.1. The van der Waals surface area contributed by atoms with Crippen LogP contribution in [0.1, 0.15) is 76.3 Å². The normalized spacial score (nSPS) is 25.9. The van der Waals surface area contributed by atoms with Gasteiger partial charge in [-0.2, -0.15) is 0 Å². The van der Waals surface area contributed by atoms with Crippen LogP contribution in [0.25, 0.3) is 0 Å². The summed E-state index contributed by atoms with van der Waals surface area (Å²) in [6.45, 7) is 8.41. The Kier molecular flexibility index (Phi) is 7.72. The number of primary amides is 1. The third-order valence-corrected chi connectivity index (χ3v) is 11.4. The minimum atomic E-state index is -3.60. The van der Waals surface area contributed by atoms with Crippen molar-refractivity contribution in [3.05, 3.63) is 29.3 Å². The van der Waals surface area contributed by atoms with Crippen molar-refractivity contribution in [3.8, 4) is 0 Å². The van der Waals surface area contributed by atoms with Crippen molar-refractivity contribution in [3.63, 3.8) is 0 Å². The molecule has 0 bridgehead atoms. The Balaban J connectivity index is 1.44. The van der Waals surface area contributed by atoms with E-state index >= 15 is 0 Å². The van der Waals surface area contributed by atoms with Crippen LogP contribution in [0.2, 0.25) is 0 Å². The number of urea groups is 1. The van der Waals surface area contributed by atoms with Gasteiger partial charge in [-0.3, -0.25) is 14.7 Å². The molecule has 4 rings (SSSR count). The zero-order valence-corrected chi connectivity index (χ0v) is 23.5. The summed E-state index contributed by atoms with van der Waals surface area (Å²) in [7, 11) is -2.00.